The average Bonchev–Trinajstić information content (AvgIpc) is 2.91. The minimum Gasteiger partial charge on any atom is -0.276 e. The molecule has 0 saturated heterocycles. The first-order chi connectivity index (χ1) is 12.1. The molecule has 0 spiro atoms. The van der Waals surface area contributed by atoms with E-state index >= 15 is 0 Å². The largest absolute Gasteiger partial charge is 0.276 e. The third-order valence-corrected chi connectivity index (χ3v) is 4.80. The van der Waals surface area contributed by atoms with Crippen molar-refractivity contribution in [3.8, 4) is 11.4 Å². The molecule has 1 aliphatic rings. The van der Waals surface area contributed by atoms with E-state index in [-0.39, 0.29) is 0 Å². The van der Waals surface area contributed by atoms with Crippen LogP contribution in [-0.4, -0.2) is 44.5 Å². The maximum absolute atomic E-state index is 4.71. The number of nitrogens with zero attached hydrogens (tertiary/aromatic N) is 9. The van der Waals surface area contributed by atoms with Crippen LogP contribution >= 0.6 is 0 Å². The fourth-order valence-electron chi connectivity index (χ4n) is 3.37. The van der Waals surface area contributed by atoms with Gasteiger partial charge >= 0.3 is 0 Å². The van der Waals surface area contributed by atoms with Crippen molar-refractivity contribution in [3.05, 3.63) is 35.9 Å². The second-order valence-corrected chi connectivity index (χ2v) is 6.59. The van der Waals surface area contributed by atoms with Gasteiger partial charge in [0.15, 0.2) is 5.65 Å². The second kappa shape index (κ2) is 4.95. The lowest BCUT2D eigenvalue weighted by Crippen LogP contribution is -1.98. The third kappa shape index (κ3) is 2.23. The van der Waals surface area contributed by atoms with Crippen LogP contribution in [0.15, 0.2) is 24.7 Å². The predicted octanol–water partition coefficient (Wildman–Crippen LogP) is 1.16. The van der Waals surface area contributed by atoms with Crippen molar-refractivity contribution in [1.82, 2.24) is 44.5 Å². The molecule has 126 valence electrons. The van der Waals surface area contributed by atoms with Crippen LogP contribution in [0.4, 0.5) is 0 Å². The Morgan fingerprint density at radius 1 is 1.08 bits per heavy atom. The summed E-state index contributed by atoms with van der Waals surface area (Å²) in [4.78, 5) is 8.99. The summed E-state index contributed by atoms with van der Waals surface area (Å²) in [5.41, 5.74) is 5.31. The lowest BCUT2D eigenvalue weighted by Gasteiger charge is -2.00. The Hall–Kier alpha value is -3.10. The molecule has 0 N–H and O–H groups in total. The Morgan fingerprint density at radius 2 is 1.96 bits per heavy atom. The van der Waals surface area contributed by atoms with E-state index in [9.17, 15) is 0 Å². The van der Waals surface area contributed by atoms with E-state index in [2.05, 4.69) is 37.6 Å². The van der Waals surface area contributed by atoms with Gasteiger partial charge in [0.25, 0.3) is 0 Å². The molecule has 0 aliphatic heterocycles. The molecule has 4 aromatic rings. The van der Waals surface area contributed by atoms with E-state index in [0.29, 0.717) is 23.1 Å². The Bertz CT molecular complexity index is 1090. The molecule has 0 aromatic carbocycles. The van der Waals surface area contributed by atoms with E-state index < -0.39 is 0 Å². The molecule has 0 radical (unpaired) electrons. The summed E-state index contributed by atoms with van der Waals surface area (Å²) in [7, 11) is 5.70. The molecule has 1 fully saturated rings. The van der Waals surface area contributed by atoms with E-state index in [1.54, 1.807) is 10.9 Å². The van der Waals surface area contributed by atoms with Crippen LogP contribution in [0.1, 0.15) is 29.5 Å². The molecule has 9 heteroatoms. The molecule has 2 unspecified atom stereocenters. The highest BCUT2D eigenvalue weighted by atomic mass is 15.4. The minimum absolute atomic E-state index is 0.444. The molecular weight excluding hydrogens is 318 g/mol. The fourth-order valence-corrected chi connectivity index (χ4v) is 3.37. The first kappa shape index (κ1) is 14.3. The van der Waals surface area contributed by atoms with Crippen LogP contribution in [0.3, 0.4) is 0 Å². The zero-order valence-electron chi connectivity index (χ0n) is 14.2. The van der Waals surface area contributed by atoms with Gasteiger partial charge in [-0.2, -0.15) is 10.2 Å². The molecule has 2 atom stereocenters. The van der Waals surface area contributed by atoms with E-state index in [1.807, 2.05) is 36.7 Å². The first-order valence-corrected chi connectivity index (χ1v) is 8.15. The summed E-state index contributed by atoms with van der Waals surface area (Å²) in [6.45, 7) is 0. The summed E-state index contributed by atoms with van der Waals surface area (Å²) < 4.78 is 5.34. The number of hydrogen-bond donors (Lipinski definition) is 0. The minimum atomic E-state index is 0.444. The zero-order chi connectivity index (χ0) is 17.1. The van der Waals surface area contributed by atoms with Gasteiger partial charge in [-0.15, -0.1) is 5.10 Å². The zero-order valence-corrected chi connectivity index (χ0v) is 14.2. The highest BCUT2D eigenvalue weighted by Gasteiger charge is 2.42. The van der Waals surface area contributed by atoms with E-state index in [4.69, 9.17) is 5.10 Å². The summed E-state index contributed by atoms with van der Waals surface area (Å²) in [5.74, 6) is 0.950. The van der Waals surface area contributed by atoms with Gasteiger partial charge in [-0.3, -0.25) is 9.36 Å². The van der Waals surface area contributed by atoms with Gasteiger partial charge in [0.05, 0.1) is 23.8 Å². The highest BCUT2D eigenvalue weighted by Crippen LogP contribution is 2.54. The average molecular weight is 335 g/mol. The summed E-state index contributed by atoms with van der Waals surface area (Å²) in [5, 5.41) is 16.9. The molecule has 25 heavy (non-hydrogen) atoms. The van der Waals surface area contributed by atoms with Gasteiger partial charge in [0, 0.05) is 33.3 Å². The number of aromatic nitrogens is 9. The maximum atomic E-state index is 4.71. The van der Waals surface area contributed by atoms with Gasteiger partial charge in [-0.05, 0) is 24.0 Å². The molecule has 1 aliphatic carbocycles. The fraction of sp³-hybridized carbons (Fsp3) is 0.375. The molecule has 1 saturated carbocycles. The van der Waals surface area contributed by atoms with Crippen LogP contribution in [0.25, 0.3) is 22.7 Å². The van der Waals surface area contributed by atoms with Crippen LogP contribution < -0.4 is 0 Å². The van der Waals surface area contributed by atoms with Crippen LogP contribution in [0.2, 0.25) is 0 Å². The summed E-state index contributed by atoms with van der Waals surface area (Å²) >= 11 is 0. The van der Waals surface area contributed by atoms with Crippen molar-refractivity contribution >= 4 is 11.3 Å². The molecule has 4 aromatic heterocycles. The Morgan fingerprint density at radius 3 is 2.76 bits per heavy atom. The summed E-state index contributed by atoms with van der Waals surface area (Å²) in [6, 6.07) is 2.11. The lowest BCUT2D eigenvalue weighted by atomic mass is 10.1. The number of rotatable bonds is 3. The van der Waals surface area contributed by atoms with Crippen molar-refractivity contribution in [2.24, 2.45) is 21.1 Å². The monoisotopic (exact) mass is 335 g/mol. The number of aryl methyl sites for hydroxylation is 3. The van der Waals surface area contributed by atoms with Crippen molar-refractivity contribution in [3.63, 3.8) is 0 Å². The van der Waals surface area contributed by atoms with Gasteiger partial charge in [-0.25, -0.2) is 14.6 Å². The maximum Gasteiger partial charge on any atom is 0.221 e. The van der Waals surface area contributed by atoms with Gasteiger partial charge in [0.1, 0.15) is 5.69 Å². The first-order valence-electron chi connectivity index (χ1n) is 8.15. The van der Waals surface area contributed by atoms with E-state index in [0.717, 1.165) is 23.5 Å². The Labute approximate surface area is 143 Å². The SMILES string of the molecule is Cn1cc(C2CC2c2cc(-c3cnc4nnn(C)c4n3)n(C)n2)cn1. The van der Waals surface area contributed by atoms with Gasteiger partial charge < -0.3 is 0 Å². The Balaban J connectivity index is 1.48. The molecule has 0 amide bonds. The second-order valence-electron chi connectivity index (χ2n) is 6.59. The van der Waals surface area contributed by atoms with Gasteiger partial charge in [0.2, 0.25) is 5.65 Å². The summed E-state index contributed by atoms with van der Waals surface area (Å²) in [6.07, 6.45) is 6.87. The van der Waals surface area contributed by atoms with Crippen molar-refractivity contribution in [2.75, 3.05) is 0 Å². The van der Waals surface area contributed by atoms with Crippen molar-refractivity contribution in [1.29, 1.82) is 0 Å². The highest BCUT2D eigenvalue weighted by molar-refractivity contribution is 5.68. The molecule has 5 rings (SSSR count). The molecule has 4 heterocycles. The van der Waals surface area contributed by atoms with Crippen LogP contribution in [-0.2, 0) is 21.1 Å². The smallest absolute Gasteiger partial charge is 0.221 e. The number of fused-ring (bicyclic) bond motifs is 1. The normalized spacial score (nSPS) is 19.6. The molecule has 0 bridgehead atoms. The topological polar surface area (TPSA) is 92.1 Å². The number of hydrogen-bond acceptors (Lipinski definition) is 6. The van der Waals surface area contributed by atoms with Crippen molar-refractivity contribution < 1.29 is 0 Å². The van der Waals surface area contributed by atoms with Crippen molar-refractivity contribution in [2.45, 2.75) is 18.3 Å². The standard InChI is InChI=1S/C16H17N9/c1-23-8-9(6-18-23)10-4-11(10)12-5-14(24(2)21-12)13-7-17-15-16(19-13)25(3)22-20-15/h5-8,10-11H,4H2,1-3H3. The van der Waals surface area contributed by atoms with Gasteiger partial charge in [-0.1, -0.05) is 5.21 Å². The quantitative estimate of drug-likeness (QED) is 0.558. The molecular formula is C16H17N9. The lowest BCUT2D eigenvalue weighted by molar-refractivity contribution is 0.728. The Kier molecular flexibility index (Phi) is 2.82. The van der Waals surface area contributed by atoms with Crippen LogP contribution in [0.5, 0.6) is 0 Å². The van der Waals surface area contributed by atoms with Crippen LogP contribution in [0, 0.1) is 0 Å². The van der Waals surface area contributed by atoms with E-state index in [1.165, 1.54) is 5.56 Å². The third-order valence-electron chi connectivity index (χ3n) is 4.80. The molecule has 9 nitrogen and oxygen atoms in total. The predicted molar refractivity (Wildman–Crippen MR) is 89.6 cm³/mol.